The quantitative estimate of drug-likeness (QED) is 0.824. The zero-order valence-electron chi connectivity index (χ0n) is 15.4. The van der Waals surface area contributed by atoms with Gasteiger partial charge in [0.05, 0.1) is 17.4 Å². The fourth-order valence-electron chi connectivity index (χ4n) is 5.22. The van der Waals surface area contributed by atoms with Gasteiger partial charge in [-0.25, -0.2) is 0 Å². The third-order valence-electron chi connectivity index (χ3n) is 6.58. The maximum absolute atomic E-state index is 13.0. The molecule has 1 aromatic heterocycles. The van der Waals surface area contributed by atoms with Gasteiger partial charge in [0.1, 0.15) is 5.00 Å². The molecule has 146 valence electrons. The predicted molar refractivity (Wildman–Crippen MR) is 103 cm³/mol. The lowest BCUT2D eigenvalue weighted by atomic mass is 9.58. The third kappa shape index (κ3) is 3.49. The summed E-state index contributed by atoms with van der Waals surface area (Å²) in [6, 6.07) is 1.76. The van der Waals surface area contributed by atoms with E-state index < -0.39 is 17.8 Å². The first-order chi connectivity index (χ1) is 13.1. The van der Waals surface area contributed by atoms with Crippen molar-refractivity contribution in [2.24, 2.45) is 23.7 Å². The zero-order chi connectivity index (χ0) is 19.0. The van der Waals surface area contributed by atoms with Gasteiger partial charge in [-0.3, -0.25) is 14.4 Å². The highest BCUT2D eigenvalue weighted by molar-refractivity contribution is 7.14. The minimum atomic E-state index is -0.861. The number of fused-ring (bicyclic) bond motifs is 3. The first-order valence-electron chi connectivity index (χ1n) is 9.96. The number of carbonyl (C=O) groups excluding carboxylic acids is 2. The first-order valence-corrected chi connectivity index (χ1v) is 10.8. The van der Waals surface area contributed by atoms with Crippen LogP contribution in [0.15, 0.2) is 11.4 Å². The number of nitrogens with zero attached hydrogens (tertiary/aromatic N) is 1. The molecule has 2 bridgehead atoms. The summed E-state index contributed by atoms with van der Waals surface area (Å²) >= 11 is 1.34. The Morgan fingerprint density at radius 3 is 2.26 bits per heavy atom. The van der Waals surface area contributed by atoms with Gasteiger partial charge in [0.15, 0.2) is 0 Å². The summed E-state index contributed by atoms with van der Waals surface area (Å²) in [7, 11) is 0. The smallest absolute Gasteiger partial charge is 0.307 e. The van der Waals surface area contributed by atoms with Crippen LogP contribution in [0.25, 0.3) is 0 Å². The zero-order valence-corrected chi connectivity index (χ0v) is 16.2. The van der Waals surface area contributed by atoms with E-state index in [-0.39, 0.29) is 23.7 Å². The average Bonchev–Trinajstić information content (AvgIpc) is 3.16. The molecule has 2 amide bonds. The van der Waals surface area contributed by atoms with Crippen LogP contribution in [0, 0.1) is 23.7 Å². The van der Waals surface area contributed by atoms with E-state index in [9.17, 15) is 19.5 Å². The Balaban J connectivity index is 1.51. The van der Waals surface area contributed by atoms with Crippen LogP contribution >= 0.6 is 11.3 Å². The Kier molecular flexibility index (Phi) is 5.21. The Bertz CT molecular complexity index is 732. The van der Waals surface area contributed by atoms with Crippen LogP contribution in [0.3, 0.4) is 0 Å². The van der Waals surface area contributed by atoms with E-state index in [0.717, 1.165) is 58.0 Å². The number of carbonyl (C=O) groups is 3. The normalized spacial score (nSPS) is 30.1. The molecule has 1 saturated heterocycles. The molecule has 1 aromatic rings. The number of amides is 2. The standard InChI is InChI=1S/C20H26N2O4S/c23-17(15-12-4-6-13(7-5-12)16(15)20(25)26)21-18-14(8-11-27-18)19(24)22-9-2-1-3-10-22/h8,11-13,15-16H,1-7,9-10H2,(H,21,23)(H,25,26)/t12?,13?,15-,16-/m0/s1. The van der Waals surface area contributed by atoms with Crippen molar-refractivity contribution in [3.8, 4) is 0 Å². The lowest BCUT2D eigenvalue weighted by Gasteiger charge is -2.45. The summed E-state index contributed by atoms with van der Waals surface area (Å²) in [6.45, 7) is 1.52. The molecule has 1 aliphatic heterocycles. The third-order valence-corrected chi connectivity index (χ3v) is 7.41. The van der Waals surface area contributed by atoms with Crippen LogP contribution in [-0.4, -0.2) is 40.9 Å². The van der Waals surface area contributed by atoms with E-state index in [1.54, 1.807) is 6.07 Å². The summed E-state index contributed by atoms with van der Waals surface area (Å²) in [4.78, 5) is 39.5. The summed E-state index contributed by atoms with van der Waals surface area (Å²) in [6.07, 6.45) is 6.85. The number of hydrogen-bond acceptors (Lipinski definition) is 4. The van der Waals surface area contributed by atoms with E-state index in [2.05, 4.69) is 5.32 Å². The Morgan fingerprint density at radius 1 is 1.00 bits per heavy atom. The highest BCUT2D eigenvalue weighted by Crippen LogP contribution is 2.49. The number of likely N-dealkylation sites (tertiary alicyclic amines) is 1. The number of rotatable bonds is 4. The molecule has 4 fully saturated rings. The molecule has 5 rings (SSSR count). The molecule has 0 spiro atoms. The van der Waals surface area contributed by atoms with Crippen molar-refractivity contribution in [2.75, 3.05) is 18.4 Å². The number of anilines is 1. The van der Waals surface area contributed by atoms with E-state index in [1.165, 1.54) is 11.3 Å². The second-order valence-corrected chi connectivity index (χ2v) is 8.99. The van der Waals surface area contributed by atoms with Gasteiger partial charge < -0.3 is 15.3 Å². The number of aliphatic carboxylic acids is 1. The topological polar surface area (TPSA) is 86.7 Å². The summed E-state index contributed by atoms with van der Waals surface area (Å²) < 4.78 is 0. The van der Waals surface area contributed by atoms with Crippen LogP contribution in [0.4, 0.5) is 5.00 Å². The molecular formula is C20H26N2O4S. The average molecular weight is 391 g/mol. The predicted octanol–water partition coefficient (Wildman–Crippen LogP) is 3.45. The van der Waals surface area contributed by atoms with Crippen LogP contribution in [0.5, 0.6) is 0 Å². The monoisotopic (exact) mass is 390 g/mol. The second-order valence-electron chi connectivity index (χ2n) is 8.07. The van der Waals surface area contributed by atoms with E-state index in [1.807, 2.05) is 10.3 Å². The van der Waals surface area contributed by atoms with Gasteiger partial charge in [-0.2, -0.15) is 0 Å². The van der Waals surface area contributed by atoms with Crippen molar-refractivity contribution >= 4 is 34.1 Å². The molecule has 0 radical (unpaired) electrons. The molecule has 4 aliphatic rings. The largest absolute Gasteiger partial charge is 0.481 e. The molecule has 2 N–H and O–H groups in total. The van der Waals surface area contributed by atoms with Gasteiger partial charge in [0, 0.05) is 13.1 Å². The number of hydrogen-bond donors (Lipinski definition) is 2. The van der Waals surface area contributed by atoms with Crippen molar-refractivity contribution < 1.29 is 19.5 Å². The molecule has 0 aromatic carbocycles. The highest BCUT2D eigenvalue weighted by Gasteiger charge is 2.50. The van der Waals surface area contributed by atoms with Crippen molar-refractivity contribution in [3.05, 3.63) is 17.0 Å². The van der Waals surface area contributed by atoms with Crippen LogP contribution in [0.1, 0.15) is 55.3 Å². The maximum Gasteiger partial charge on any atom is 0.307 e. The molecular weight excluding hydrogens is 364 g/mol. The molecule has 3 aliphatic carbocycles. The molecule has 3 saturated carbocycles. The first kappa shape index (κ1) is 18.5. The van der Waals surface area contributed by atoms with Crippen LogP contribution in [0.2, 0.25) is 0 Å². The van der Waals surface area contributed by atoms with Crippen molar-refractivity contribution in [3.63, 3.8) is 0 Å². The van der Waals surface area contributed by atoms with Gasteiger partial charge >= 0.3 is 5.97 Å². The Hall–Kier alpha value is -1.89. The molecule has 2 heterocycles. The summed E-state index contributed by atoms with van der Waals surface area (Å²) in [5.41, 5.74) is 0.531. The highest BCUT2D eigenvalue weighted by atomic mass is 32.1. The van der Waals surface area contributed by atoms with Crippen molar-refractivity contribution in [1.82, 2.24) is 4.90 Å². The fourth-order valence-corrected chi connectivity index (χ4v) is 6.00. The SMILES string of the molecule is O=C(O)[C@H]1C2CCC(CC2)[C@@H]1C(=O)Nc1sccc1C(=O)N1CCCCC1. The molecule has 2 atom stereocenters. The van der Waals surface area contributed by atoms with Gasteiger partial charge in [-0.1, -0.05) is 0 Å². The lowest BCUT2D eigenvalue weighted by molar-refractivity contribution is -0.156. The fraction of sp³-hybridized carbons (Fsp3) is 0.650. The van der Waals surface area contributed by atoms with Gasteiger partial charge in [0.25, 0.3) is 5.91 Å². The molecule has 0 unspecified atom stereocenters. The van der Waals surface area contributed by atoms with Crippen LogP contribution < -0.4 is 5.32 Å². The van der Waals surface area contributed by atoms with Gasteiger partial charge in [-0.15, -0.1) is 11.3 Å². The van der Waals surface area contributed by atoms with Crippen LogP contribution in [-0.2, 0) is 9.59 Å². The number of piperidine rings is 1. The van der Waals surface area contributed by atoms with Gasteiger partial charge in [-0.05, 0) is 68.2 Å². The number of thiophene rings is 1. The molecule has 7 heteroatoms. The lowest BCUT2D eigenvalue weighted by Crippen LogP contribution is -2.49. The number of nitrogens with one attached hydrogen (secondary N) is 1. The Labute approximate surface area is 162 Å². The van der Waals surface area contributed by atoms with E-state index in [0.29, 0.717) is 10.6 Å². The van der Waals surface area contributed by atoms with Crippen molar-refractivity contribution in [2.45, 2.75) is 44.9 Å². The summed E-state index contributed by atoms with van der Waals surface area (Å²) in [5.74, 6) is -1.98. The maximum atomic E-state index is 13.0. The van der Waals surface area contributed by atoms with Gasteiger partial charge in [0.2, 0.25) is 5.91 Å². The van der Waals surface area contributed by atoms with Crippen molar-refractivity contribution in [1.29, 1.82) is 0 Å². The molecule has 27 heavy (non-hydrogen) atoms. The number of carboxylic acids is 1. The molecule has 6 nitrogen and oxygen atoms in total. The summed E-state index contributed by atoms with van der Waals surface area (Å²) in [5, 5.41) is 15.0. The minimum Gasteiger partial charge on any atom is -0.481 e. The second kappa shape index (κ2) is 7.62. The Morgan fingerprint density at radius 2 is 1.63 bits per heavy atom. The van der Waals surface area contributed by atoms with E-state index in [4.69, 9.17) is 0 Å². The minimum absolute atomic E-state index is 0.0359. The van der Waals surface area contributed by atoms with E-state index >= 15 is 0 Å². The number of carboxylic acid groups (broad SMARTS) is 1.